The molecule has 0 aromatic heterocycles. The largest absolute Gasteiger partial charge is 0.486 e. The van der Waals surface area contributed by atoms with Crippen molar-refractivity contribution in [3.8, 4) is 11.5 Å². The van der Waals surface area contributed by atoms with Crippen LogP contribution in [0.1, 0.15) is 32.8 Å². The average molecular weight is 401 g/mol. The average Bonchev–Trinajstić information content (AvgIpc) is 2.91. The van der Waals surface area contributed by atoms with Crippen molar-refractivity contribution in [2.24, 2.45) is 11.8 Å². The van der Waals surface area contributed by atoms with E-state index in [0.717, 1.165) is 11.3 Å². The Morgan fingerprint density at radius 1 is 1.14 bits per heavy atom. The third kappa shape index (κ3) is 3.52. The monoisotopic (exact) mass is 401 g/mol. The molecule has 8 nitrogen and oxygen atoms in total. The maximum atomic E-state index is 13.2. The SMILES string of the molecule is C[C@@H]1C[C@@H](C)CN(C(=O)CN2C(=O)N[C@](C)(c3ccc4c(c3)OCCO4)C2=O)C1. The van der Waals surface area contributed by atoms with E-state index >= 15 is 0 Å². The Labute approximate surface area is 170 Å². The molecule has 3 aliphatic rings. The minimum Gasteiger partial charge on any atom is -0.486 e. The molecule has 4 amide bonds. The van der Waals surface area contributed by atoms with Gasteiger partial charge in [0.15, 0.2) is 11.5 Å². The third-order valence-electron chi connectivity index (χ3n) is 5.91. The molecule has 3 heterocycles. The highest BCUT2D eigenvalue weighted by atomic mass is 16.6. The predicted molar refractivity (Wildman–Crippen MR) is 105 cm³/mol. The van der Waals surface area contributed by atoms with Crippen LogP contribution in [0.4, 0.5) is 4.79 Å². The van der Waals surface area contributed by atoms with Gasteiger partial charge in [0.2, 0.25) is 5.91 Å². The molecule has 8 heteroatoms. The second-order valence-electron chi connectivity index (χ2n) is 8.55. The fourth-order valence-corrected chi connectivity index (χ4v) is 4.49. The van der Waals surface area contributed by atoms with Crippen LogP contribution in [0.3, 0.4) is 0 Å². The summed E-state index contributed by atoms with van der Waals surface area (Å²) in [6, 6.07) is 4.63. The fraction of sp³-hybridized carbons (Fsp3) is 0.571. The number of nitrogens with zero attached hydrogens (tertiary/aromatic N) is 2. The minimum atomic E-state index is -1.25. The Kier molecular flexibility index (Phi) is 4.88. The zero-order valence-electron chi connectivity index (χ0n) is 17.1. The first-order chi connectivity index (χ1) is 13.8. The normalized spacial score (nSPS) is 29.1. The van der Waals surface area contributed by atoms with Gasteiger partial charge in [-0.25, -0.2) is 4.79 Å². The number of piperidine rings is 1. The summed E-state index contributed by atoms with van der Waals surface area (Å²) < 4.78 is 11.1. The lowest BCUT2D eigenvalue weighted by Gasteiger charge is -2.35. The van der Waals surface area contributed by atoms with Crippen molar-refractivity contribution in [1.82, 2.24) is 15.1 Å². The van der Waals surface area contributed by atoms with Crippen LogP contribution in [-0.4, -0.2) is 60.5 Å². The number of hydrogen-bond donors (Lipinski definition) is 1. The van der Waals surface area contributed by atoms with Gasteiger partial charge in [-0.2, -0.15) is 0 Å². The highest BCUT2D eigenvalue weighted by Crippen LogP contribution is 2.37. The van der Waals surface area contributed by atoms with Gasteiger partial charge in [-0.3, -0.25) is 14.5 Å². The van der Waals surface area contributed by atoms with Gasteiger partial charge in [0.05, 0.1) is 0 Å². The highest BCUT2D eigenvalue weighted by molar-refractivity contribution is 6.09. The zero-order chi connectivity index (χ0) is 20.8. The summed E-state index contributed by atoms with van der Waals surface area (Å²) >= 11 is 0. The van der Waals surface area contributed by atoms with Crippen molar-refractivity contribution in [1.29, 1.82) is 0 Å². The molecule has 3 aliphatic heterocycles. The summed E-state index contributed by atoms with van der Waals surface area (Å²) in [5, 5.41) is 2.75. The van der Waals surface area contributed by atoms with Crippen LogP contribution in [0.2, 0.25) is 0 Å². The maximum absolute atomic E-state index is 13.2. The number of carbonyl (C=O) groups excluding carboxylic acids is 3. The first kappa shape index (κ1) is 19.5. The number of hydrogen-bond acceptors (Lipinski definition) is 5. The second-order valence-corrected chi connectivity index (χ2v) is 8.55. The van der Waals surface area contributed by atoms with Gasteiger partial charge in [-0.1, -0.05) is 19.9 Å². The summed E-state index contributed by atoms with van der Waals surface area (Å²) in [7, 11) is 0. The molecule has 0 aliphatic carbocycles. The Balaban J connectivity index is 1.52. The number of benzene rings is 1. The molecule has 2 fully saturated rings. The number of ether oxygens (including phenoxy) is 2. The molecule has 3 atom stereocenters. The van der Waals surface area contributed by atoms with Crippen LogP contribution < -0.4 is 14.8 Å². The molecule has 4 rings (SSSR count). The van der Waals surface area contributed by atoms with Gasteiger partial charge in [-0.15, -0.1) is 0 Å². The zero-order valence-corrected chi connectivity index (χ0v) is 17.1. The summed E-state index contributed by atoms with van der Waals surface area (Å²) in [6.07, 6.45) is 1.08. The Morgan fingerprint density at radius 3 is 2.48 bits per heavy atom. The number of carbonyl (C=O) groups is 3. The number of fused-ring (bicyclic) bond motifs is 1. The number of nitrogens with one attached hydrogen (secondary N) is 1. The fourth-order valence-electron chi connectivity index (χ4n) is 4.49. The van der Waals surface area contributed by atoms with Crippen LogP contribution in [0, 0.1) is 11.8 Å². The third-order valence-corrected chi connectivity index (χ3v) is 5.91. The van der Waals surface area contributed by atoms with E-state index in [4.69, 9.17) is 9.47 Å². The Morgan fingerprint density at radius 2 is 1.79 bits per heavy atom. The van der Waals surface area contributed by atoms with Gasteiger partial charge in [0, 0.05) is 13.1 Å². The molecule has 0 unspecified atom stereocenters. The van der Waals surface area contributed by atoms with Crippen LogP contribution in [0.25, 0.3) is 0 Å². The van der Waals surface area contributed by atoms with Gasteiger partial charge in [0.1, 0.15) is 25.3 Å². The number of urea groups is 1. The molecule has 1 aromatic rings. The number of imide groups is 1. The quantitative estimate of drug-likeness (QED) is 0.780. The highest BCUT2D eigenvalue weighted by Gasteiger charge is 2.50. The van der Waals surface area contributed by atoms with Crippen molar-refractivity contribution < 1.29 is 23.9 Å². The summed E-state index contributed by atoms with van der Waals surface area (Å²) in [5.41, 5.74) is -0.661. The van der Waals surface area contributed by atoms with E-state index in [1.807, 2.05) is 0 Å². The Hall–Kier alpha value is -2.77. The van der Waals surface area contributed by atoms with Gasteiger partial charge in [-0.05, 0) is 42.9 Å². The van der Waals surface area contributed by atoms with Crippen molar-refractivity contribution in [2.45, 2.75) is 32.7 Å². The van der Waals surface area contributed by atoms with E-state index in [1.165, 1.54) is 0 Å². The van der Waals surface area contributed by atoms with Gasteiger partial charge < -0.3 is 19.7 Å². The van der Waals surface area contributed by atoms with E-state index in [1.54, 1.807) is 30.0 Å². The molecule has 0 spiro atoms. The van der Waals surface area contributed by atoms with Crippen LogP contribution >= 0.6 is 0 Å². The first-order valence-electron chi connectivity index (χ1n) is 10.1. The number of amides is 4. The van der Waals surface area contributed by atoms with E-state index in [9.17, 15) is 14.4 Å². The molecule has 156 valence electrons. The van der Waals surface area contributed by atoms with Crippen molar-refractivity contribution in [3.63, 3.8) is 0 Å². The summed E-state index contributed by atoms with van der Waals surface area (Å²) in [5.74, 6) is 1.34. The lowest BCUT2D eigenvalue weighted by atomic mass is 9.91. The standard InChI is InChI=1S/C21H27N3O5/c1-13-8-14(2)11-23(10-13)18(25)12-24-19(26)21(3,22-20(24)27)15-4-5-16-17(9-15)29-7-6-28-16/h4-5,9,13-14H,6-8,10-12H2,1-3H3,(H,22,27)/t13-,14-,21-/m1/s1. The molecule has 1 N–H and O–H groups in total. The minimum absolute atomic E-state index is 0.196. The molecule has 0 saturated carbocycles. The smallest absolute Gasteiger partial charge is 0.325 e. The topological polar surface area (TPSA) is 88.2 Å². The molecule has 1 aromatic carbocycles. The maximum Gasteiger partial charge on any atom is 0.325 e. The number of rotatable bonds is 3. The molecule has 2 saturated heterocycles. The summed E-state index contributed by atoms with van der Waals surface area (Å²) in [4.78, 5) is 41.3. The van der Waals surface area contributed by atoms with Gasteiger partial charge in [0.25, 0.3) is 5.91 Å². The van der Waals surface area contributed by atoms with E-state index in [0.29, 0.717) is 55.2 Å². The molecule has 0 bridgehead atoms. The number of likely N-dealkylation sites (tertiary alicyclic amines) is 1. The van der Waals surface area contributed by atoms with E-state index in [-0.39, 0.29) is 12.5 Å². The van der Waals surface area contributed by atoms with Crippen molar-refractivity contribution in [2.75, 3.05) is 32.8 Å². The lowest BCUT2D eigenvalue weighted by molar-refractivity contribution is -0.140. The molecular weight excluding hydrogens is 374 g/mol. The van der Waals surface area contributed by atoms with Crippen molar-refractivity contribution >= 4 is 17.8 Å². The van der Waals surface area contributed by atoms with E-state index in [2.05, 4.69) is 19.2 Å². The molecule has 29 heavy (non-hydrogen) atoms. The van der Waals surface area contributed by atoms with Crippen molar-refractivity contribution in [3.05, 3.63) is 23.8 Å². The van der Waals surface area contributed by atoms with E-state index < -0.39 is 17.5 Å². The lowest BCUT2D eigenvalue weighted by Crippen LogP contribution is -2.48. The van der Waals surface area contributed by atoms with Crippen LogP contribution in [0.15, 0.2) is 18.2 Å². The Bertz CT molecular complexity index is 847. The van der Waals surface area contributed by atoms with Crippen LogP contribution in [0.5, 0.6) is 11.5 Å². The molecular formula is C21H27N3O5. The second kappa shape index (κ2) is 7.24. The van der Waals surface area contributed by atoms with Gasteiger partial charge >= 0.3 is 6.03 Å². The summed E-state index contributed by atoms with van der Waals surface area (Å²) in [6.45, 7) is 7.85. The van der Waals surface area contributed by atoms with Crippen LogP contribution in [-0.2, 0) is 15.1 Å². The predicted octanol–water partition coefficient (Wildman–Crippen LogP) is 1.73. The molecule has 0 radical (unpaired) electrons. The first-order valence-corrected chi connectivity index (χ1v) is 10.1.